The molecule has 0 radical (unpaired) electrons. The van der Waals surface area contributed by atoms with Gasteiger partial charge in [0, 0.05) is 11.6 Å². The summed E-state index contributed by atoms with van der Waals surface area (Å²) in [5.41, 5.74) is 0.629. The van der Waals surface area contributed by atoms with Gasteiger partial charge in [-0.2, -0.15) is 4.80 Å². The predicted molar refractivity (Wildman–Crippen MR) is 87.2 cm³/mol. The molecule has 0 unspecified atom stereocenters. The van der Waals surface area contributed by atoms with Crippen molar-refractivity contribution in [1.29, 1.82) is 0 Å². The monoisotopic (exact) mass is 348 g/mol. The highest BCUT2D eigenvalue weighted by Crippen LogP contribution is 2.23. The van der Waals surface area contributed by atoms with Crippen LogP contribution in [0.15, 0.2) is 24.3 Å². The number of tetrazole rings is 1. The minimum Gasteiger partial charge on any atom is -0.335 e. The van der Waals surface area contributed by atoms with Crippen LogP contribution in [-0.2, 0) is 11.3 Å². The van der Waals surface area contributed by atoms with E-state index in [1.54, 1.807) is 18.2 Å². The van der Waals surface area contributed by atoms with E-state index in [2.05, 4.69) is 26.0 Å². The molecule has 0 atom stereocenters. The lowest BCUT2D eigenvalue weighted by molar-refractivity contribution is -0.121. The highest BCUT2D eigenvalue weighted by atomic mass is 35.5. The Kier molecular flexibility index (Phi) is 5.05. The van der Waals surface area contributed by atoms with E-state index in [0.29, 0.717) is 16.4 Å². The number of urea groups is 1. The Morgan fingerprint density at radius 3 is 2.75 bits per heavy atom. The van der Waals surface area contributed by atoms with Crippen molar-refractivity contribution in [2.24, 2.45) is 0 Å². The Balaban J connectivity index is 1.55. The number of carbonyl (C=O) groups is 2. The SMILES string of the molecule is O=C(Cn1nnc(-c2ccccc2Cl)n1)NC(=O)NC1CCCC1. The lowest BCUT2D eigenvalue weighted by Crippen LogP contribution is -2.44. The number of amides is 3. The fourth-order valence-corrected chi connectivity index (χ4v) is 2.87. The van der Waals surface area contributed by atoms with Gasteiger partial charge >= 0.3 is 6.03 Å². The molecule has 1 aromatic heterocycles. The molecule has 24 heavy (non-hydrogen) atoms. The number of halogens is 1. The second-order valence-corrected chi connectivity index (χ2v) is 6.03. The predicted octanol–water partition coefficient (Wildman–Crippen LogP) is 1.76. The average Bonchev–Trinajstić information content (AvgIpc) is 3.19. The lowest BCUT2D eigenvalue weighted by atomic mass is 10.2. The van der Waals surface area contributed by atoms with E-state index in [1.165, 1.54) is 0 Å². The van der Waals surface area contributed by atoms with Gasteiger partial charge in [-0.3, -0.25) is 10.1 Å². The first-order valence-corrected chi connectivity index (χ1v) is 8.12. The zero-order chi connectivity index (χ0) is 16.9. The largest absolute Gasteiger partial charge is 0.335 e. The number of hydrogen-bond acceptors (Lipinski definition) is 5. The van der Waals surface area contributed by atoms with Gasteiger partial charge in [0.05, 0.1) is 5.02 Å². The van der Waals surface area contributed by atoms with Gasteiger partial charge in [-0.25, -0.2) is 4.79 Å². The third-order valence-corrected chi connectivity index (χ3v) is 4.13. The van der Waals surface area contributed by atoms with Crippen LogP contribution in [0.25, 0.3) is 11.4 Å². The fourth-order valence-electron chi connectivity index (χ4n) is 2.65. The van der Waals surface area contributed by atoms with E-state index in [-0.39, 0.29) is 12.6 Å². The first-order valence-electron chi connectivity index (χ1n) is 7.75. The summed E-state index contributed by atoms with van der Waals surface area (Å²) in [7, 11) is 0. The second kappa shape index (κ2) is 7.39. The van der Waals surface area contributed by atoms with Crippen LogP contribution in [0.3, 0.4) is 0 Å². The molecule has 0 saturated heterocycles. The molecule has 9 heteroatoms. The van der Waals surface area contributed by atoms with Crippen LogP contribution in [0.2, 0.25) is 5.02 Å². The van der Waals surface area contributed by atoms with E-state index < -0.39 is 11.9 Å². The summed E-state index contributed by atoms with van der Waals surface area (Å²) in [6.45, 7) is -0.199. The number of imide groups is 1. The van der Waals surface area contributed by atoms with Crippen LogP contribution in [-0.4, -0.2) is 38.2 Å². The molecular weight excluding hydrogens is 332 g/mol. The Morgan fingerprint density at radius 2 is 2.00 bits per heavy atom. The Morgan fingerprint density at radius 1 is 1.25 bits per heavy atom. The van der Waals surface area contributed by atoms with Crippen molar-refractivity contribution in [2.75, 3.05) is 0 Å². The van der Waals surface area contributed by atoms with Gasteiger partial charge in [0.2, 0.25) is 5.82 Å². The molecule has 0 spiro atoms. The number of nitrogens with one attached hydrogen (secondary N) is 2. The van der Waals surface area contributed by atoms with Crippen molar-refractivity contribution in [3.63, 3.8) is 0 Å². The quantitative estimate of drug-likeness (QED) is 0.876. The zero-order valence-electron chi connectivity index (χ0n) is 12.9. The zero-order valence-corrected chi connectivity index (χ0v) is 13.7. The van der Waals surface area contributed by atoms with Crippen molar-refractivity contribution in [2.45, 2.75) is 38.3 Å². The van der Waals surface area contributed by atoms with Gasteiger partial charge in [0.15, 0.2) is 0 Å². The summed E-state index contributed by atoms with van der Waals surface area (Å²) in [5.74, 6) is -0.183. The maximum Gasteiger partial charge on any atom is 0.321 e. The molecule has 1 fully saturated rings. The molecule has 0 bridgehead atoms. The third kappa shape index (κ3) is 4.08. The maximum absolute atomic E-state index is 11.9. The van der Waals surface area contributed by atoms with Crippen LogP contribution >= 0.6 is 11.6 Å². The summed E-state index contributed by atoms with van der Waals surface area (Å²) in [5, 5.41) is 17.3. The maximum atomic E-state index is 11.9. The number of aromatic nitrogens is 4. The van der Waals surface area contributed by atoms with Gasteiger partial charge in [-0.1, -0.05) is 36.6 Å². The van der Waals surface area contributed by atoms with E-state index in [0.717, 1.165) is 30.5 Å². The minimum absolute atomic E-state index is 0.147. The molecule has 3 amide bonds. The van der Waals surface area contributed by atoms with Gasteiger partial charge < -0.3 is 5.32 Å². The molecule has 1 saturated carbocycles. The van der Waals surface area contributed by atoms with Gasteiger partial charge in [0.1, 0.15) is 6.54 Å². The lowest BCUT2D eigenvalue weighted by Gasteiger charge is -2.11. The van der Waals surface area contributed by atoms with Crippen LogP contribution in [0.5, 0.6) is 0 Å². The highest BCUT2D eigenvalue weighted by Gasteiger charge is 2.19. The van der Waals surface area contributed by atoms with Crippen LogP contribution in [0.4, 0.5) is 4.79 Å². The van der Waals surface area contributed by atoms with Crippen molar-refractivity contribution < 1.29 is 9.59 Å². The number of benzene rings is 1. The van der Waals surface area contributed by atoms with E-state index in [4.69, 9.17) is 11.6 Å². The number of nitrogens with zero attached hydrogens (tertiary/aromatic N) is 4. The molecule has 2 N–H and O–H groups in total. The molecule has 126 valence electrons. The van der Waals surface area contributed by atoms with Crippen LogP contribution < -0.4 is 10.6 Å². The summed E-state index contributed by atoms with van der Waals surface area (Å²) < 4.78 is 0. The molecule has 1 aliphatic rings. The van der Waals surface area contributed by atoms with Gasteiger partial charge in [-0.05, 0) is 30.2 Å². The molecule has 0 aliphatic heterocycles. The first-order chi connectivity index (χ1) is 11.6. The molecule has 3 rings (SSSR count). The highest BCUT2D eigenvalue weighted by molar-refractivity contribution is 6.33. The molecule has 1 heterocycles. The second-order valence-electron chi connectivity index (χ2n) is 5.63. The van der Waals surface area contributed by atoms with Crippen molar-refractivity contribution in [3.05, 3.63) is 29.3 Å². The van der Waals surface area contributed by atoms with Gasteiger partial charge in [-0.15, -0.1) is 10.2 Å². The average molecular weight is 349 g/mol. The van der Waals surface area contributed by atoms with E-state index in [9.17, 15) is 9.59 Å². The Hall–Kier alpha value is -2.48. The minimum atomic E-state index is -0.506. The van der Waals surface area contributed by atoms with Gasteiger partial charge in [0.25, 0.3) is 5.91 Å². The summed E-state index contributed by atoms with van der Waals surface area (Å²) in [6.07, 6.45) is 4.11. The Bertz CT molecular complexity index is 741. The number of rotatable bonds is 4. The van der Waals surface area contributed by atoms with Crippen LogP contribution in [0, 0.1) is 0 Å². The third-order valence-electron chi connectivity index (χ3n) is 3.80. The summed E-state index contributed by atoms with van der Waals surface area (Å²) in [6, 6.07) is 6.75. The molecule has 2 aromatic rings. The standard InChI is InChI=1S/C15H17ClN6O2/c16-12-8-4-3-7-11(12)14-19-21-22(20-14)9-13(23)18-15(24)17-10-5-1-2-6-10/h3-4,7-8,10H,1-2,5-6,9H2,(H2,17,18,23,24). The molecule has 1 aliphatic carbocycles. The normalized spacial score (nSPS) is 14.5. The fraction of sp³-hybridized carbons (Fsp3) is 0.400. The molecule has 1 aromatic carbocycles. The first kappa shape index (κ1) is 16.4. The molecular formula is C15H17ClN6O2. The van der Waals surface area contributed by atoms with Crippen LogP contribution in [0.1, 0.15) is 25.7 Å². The summed E-state index contributed by atoms with van der Waals surface area (Å²) >= 11 is 6.07. The Labute approximate surface area is 143 Å². The van der Waals surface area contributed by atoms with Crippen molar-refractivity contribution in [3.8, 4) is 11.4 Å². The summed E-state index contributed by atoms with van der Waals surface area (Å²) in [4.78, 5) is 24.7. The topological polar surface area (TPSA) is 102 Å². The number of carbonyl (C=O) groups excluding carboxylic acids is 2. The number of hydrogen-bond donors (Lipinski definition) is 2. The molecule has 8 nitrogen and oxygen atoms in total. The van der Waals surface area contributed by atoms with E-state index in [1.807, 2.05) is 6.07 Å². The van der Waals surface area contributed by atoms with Crippen molar-refractivity contribution in [1.82, 2.24) is 30.8 Å². The smallest absolute Gasteiger partial charge is 0.321 e. The van der Waals surface area contributed by atoms with Crippen molar-refractivity contribution >= 4 is 23.5 Å². The van der Waals surface area contributed by atoms with E-state index >= 15 is 0 Å².